The second-order valence-corrected chi connectivity index (χ2v) is 4.78. The Morgan fingerprint density at radius 1 is 1.44 bits per heavy atom. The molecular weight excluding hydrogens is 230 g/mol. The highest BCUT2D eigenvalue weighted by molar-refractivity contribution is 5.99. The first-order chi connectivity index (χ1) is 8.64. The summed E-state index contributed by atoms with van der Waals surface area (Å²) in [4.78, 5) is 16.4. The maximum atomic E-state index is 12.3. The summed E-state index contributed by atoms with van der Waals surface area (Å²) in [6.07, 6.45) is 3.35. The molecule has 2 N–H and O–H groups in total. The molecule has 0 radical (unpaired) electrons. The zero-order valence-corrected chi connectivity index (χ0v) is 10.8. The van der Waals surface area contributed by atoms with E-state index in [0.717, 1.165) is 12.8 Å². The van der Waals surface area contributed by atoms with Gasteiger partial charge in [0.25, 0.3) is 5.91 Å². The molecule has 1 aromatic heterocycles. The van der Waals surface area contributed by atoms with Crippen LogP contribution in [0.2, 0.25) is 0 Å². The number of amides is 1. The van der Waals surface area contributed by atoms with Crippen LogP contribution in [-0.2, 0) is 4.74 Å². The summed E-state index contributed by atoms with van der Waals surface area (Å²) in [6, 6.07) is 3.54. The van der Waals surface area contributed by atoms with E-state index in [2.05, 4.69) is 22.5 Å². The van der Waals surface area contributed by atoms with Gasteiger partial charge in [-0.15, -0.1) is 0 Å². The van der Waals surface area contributed by atoms with Crippen molar-refractivity contribution in [3.8, 4) is 0 Å². The summed E-state index contributed by atoms with van der Waals surface area (Å²) in [5.74, 6) is 0.516. The first kappa shape index (κ1) is 12.8. The minimum absolute atomic E-state index is 0.0862. The number of nitrogens with one attached hydrogen (secondary N) is 2. The van der Waals surface area contributed by atoms with Gasteiger partial charge in [0.15, 0.2) is 0 Å². The van der Waals surface area contributed by atoms with Gasteiger partial charge < -0.3 is 15.4 Å². The summed E-state index contributed by atoms with van der Waals surface area (Å²) in [6.45, 7) is 3.45. The fourth-order valence-electron chi connectivity index (χ4n) is 2.08. The average Bonchev–Trinajstić information content (AvgIpc) is 2.39. The van der Waals surface area contributed by atoms with Crippen molar-refractivity contribution < 1.29 is 9.53 Å². The number of nitrogens with zero attached hydrogens (tertiary/aromatic N) is 1. The number of hydrogen-bond donors (Lipinski definition) is 2. The lowest BCUT2D eigenvalue weighted by molar-refractivity contribution is 0.0423. The van der Waals surface area contributed by atoms with E-state index in [1.165, 1.54) is 0 Å². The third-order valence-corrected chi connectivity index (χ3v) is 3.30. The number of carbonyl (C=O) groups excluding carboxylic acids is 1. The number of hydrogen-bond acceptors (Lipinski definition) is 4. The summed E-state index contributed by atoms with van der Waals surface area (Å²) in [5.41, 5.74) is 0.392. The number of carbonyl (C=O) groups is 1. The molecule has 0 aromatic carbocycles. The largest absolute Gasteiger partial charge is 0.381 e. The molecule has 1 aromatic rings. The van der Waals surface area contributed by atoms with Gasteiger partial charge >= 0.3 is 0 Å². The van der Waals surface area contributed by atoms with Crippen LogP contribution < -0.4 is 10.6 Å². The molecule has 5 nitrogen and oxygen atoms in total. The molecule has 1 amide bonds. The second kappa shape index (κ2) is 5.35. The van der Waals surface area contributed by atoms with Gasteiger partial charge in [0.1, 0.15) is 5.82 Å². The van der Waals surface area contributed by atoms with Crippen molar-refractivity contribution in [2.24, 2.45) is 0 Å². The Labute approximate surface area is 107 Å². The van der Waals surface area contributed by atoms with Crippen molar-refractivity contribution in [1.29, 1.82) is 0 Å². The summed E-state index contributed by atoms with van der Waals surface area (Å²) >= 11 is 0. The molecule has 0 aliphatic carbocycles. The maximum absolute atomic E-state index is 12.3. The summed E-state index contributed by atoms with van der Waals surface area (Å²) < 4.78 is 5.32. The third kappa shape index (κ3) is 2.79. The van der Waals surface area contributed by atoms with Crippen molar-refractivity contribution in [3.63, 3.8) is 0 Å². The van der Waals surface area contributed by atoms with Crippen molar-refractivity contribution in [2.75, 3.05) is 25.6 Å². The Hall–Kier alpha value is -1.62. The van der Waals surface area contributed by atoms with E-state index < -0.39 is 0 Å². The van der Waals surface area contributed by atoms with Crippen molar-refractivity contribution in [2.45, 2.75) is 25.3 Å². The Balaban J connectivity index is 2.11. The number of ether oxygens (including phenoxy) is 1. The highest BCUT2D eigenvalue weighted by Crippen LogP contribution is 2.21. The van der Waals surface area contributed by atoms with E-state index in [0.29, 0.717) is 24.6 Å². The van der Waals surface area contributed by atoms with Crippen LogP contribution in [0, 0.1) is 0 Å². The molecule has 1 saturated heterocycles. The third-order valence-electron chi connectivity index (χ3n) is 3.30. The van der Waals surface area contributed by atoms with Gasteiger partial charge in [0.05, 0.1) is 5.56 Å². The normalized spacial score (nSPS) is 18.1. The van der Waals surface area contributed by atoms with Gasteiger partial charge in [-0.3, -0.25) is 4.79 Å². The zero-order valence-electron chi connectivity index (χ0n) is 10.8. The first-order valence-electron chi connectivity index (χ1n) is 6.18. The van der Waals surface area contributed by atoms with Crippen LogP contribution >= 0.6 is 0 Å². The fourth-order valence-corrected chi connectivity index (χ4v) is 2.08. The summed E-state index contributed by atoms with van der Waals surface area (Å²) in [7, 11) is 1.76. The highest BCUT2D eigenvalue weighted by atomic mass is 16.5. The number of aromatic nitrogens is 1. The zero-order chi connectivity index (χ0) is 13.0. The number of pyridine rings is 1. The van der Waals surface area contributed by atoms with Gasteiger partial charge in [-0.2, -0.15) is 0 Å². The lowest BCUT2D eigenvalue weighted by Gasteiger charge is -2.34. The minimum Gasteiger partial charge on any atom is -0.381 e. The van der Waals surface area contributed by atoms with Crippen LogP contribution in [0.5, 0.6) is 0 Å². The van der Waals surface area contributed by atoms with Gasteiger partial charge in [-0.25, -0.2) is 4.98 Å². The van der Waals surface area contributed by atoms with E-state index in [1.54, 1.807) is 25.4 Å². The molecule has 1 fully saturated rings. The molecule has 2 rings (SSSR count). The molecule has 0 atom stereocenters. The smallest absolute Gasteiger partial charge is 0.255 e. The van der Waals surface area contributed by atoms with Crippen LogP contribution in [0.3, 0.4) is 0 Å². The molecule has 0 bridgehead atoms. The molecule has 98 valence electrons. The van der Waals surface area contributed by atoms with Crippen molar-refractivity contribution >= 4 is 11.7 Å². The predicted octanol–water partition coefficient (Wildman–Crippen LogP) is 1.42. The monoisotopic (exact) mass is 249 g/mol. The Morgan fingerprint density at radius 3 is 2.83 bits per heavy atom. The van der Waals surface area contributed by atoms with E-state index in [9.17, 15) is 4.79 Å². The van der Waals surface area contributed by atoms with E-state index in [-0.39, 0.29) is 11.4 Å². The molecule has 0 unspecified atom stereocenters. The topological polar surface area (TPSA) is 63.2 Å². The Morgan fingerprint density at radius 2 is 2.17 bits per heavy atom. The molecule has 5 heteroatoms. The van der Waals surface area contributed by atoms with E-state index in [4.69, 9.17) is 4.74 Å². The summed E-state index contributed by atoms with van der Waals surface area (Å²) in [5, 5.41) is 6.02. The van der Waals surface area contributed by atoms with Crippen LogP contribution in [0.25, 0.3) is 0 Å². The van der Waals surface area contributed by atoms with Crippen LogP contribution in [0.4, 0.5) is 5.82 Å². The minimum atomic E-state index is -0.184. The molecular formula is C13H19N3O2. The van der Waals surface area contributed by atoms with Gasteiger partial charge in [-0.1, -0.05) is 0 Å². The Bertz CT molecular complexity index is 428. The lowest BCUT2D eigenvalue weighted by atomic mass is 9.92. The standard InChI is InChI=1S/C13H19N3O2/c1-13(5-8-18-9-6-13)16-12(17)10-4-3-7-15-11(10)14-2/h3-4,7H,5-6,8-9H2,1-2H3,(H,14,15)(H,16,17). The highest BCUT2D eigenvalue weighted by Gasteiger charge is 2.29. The SMILES string of the molecule is CNc1ncccc1C(=O)NC1(C)CCOCC1. The average molecular weight is 249 g/mol. The van der Waals surface area contributed by atoms with Gasteiger partial charge in [-0.05, 0) is 31.9 Å². The van der Waals surface area contributed by atoms with Gasteiger partial charge in [0.2, 0.25) is 0 Å². The van der Waals surface area contributed by atoms with Crippen molar-refractivity contribution in [3.05, 3.63) is 23.9 Å². The molecule has 1 aliphatic heterocycles. The van der Waals surface area contributed by atoms with Crippen LogP contribution in [0.1, 0.15) is 30.1 Å². The molecule has 18 heavy (non-hydrogen) atoms. The molecule has 1 aliphatic rings. The molecule has 0 spiro atoms. The van der Waals surface area contributed by atoms with Crippen molar-refractivity contribution in [1.82, 2.24) is 10.3 Å². The van der Waals surface area contributed by atoms with Crippen LogP contribution in [-0.4, -0.2) is 36.7 Å². The first-order valence-corrected chi connectivity index (χ1v) is 6.18. The Kier molecular flexibility index (Phi) is 3.81. The molecule has 2 heterocycles. The lowest BCUT2D eigenvalue weighted by Crippen LogP contribution is -2.49. The van der Waals surface area contributed by atoms with Crippen LogP contribution in [0.15, 0.2) is 18.3 Å². The molecule has 0 saturated carbocycles. The van der Waals surface area contributed by atoms with Gasteiger partial charge in [0, 0.05) is 32.0 Å². The maximum Gasteiger partial charge on any atom is 0.255 e. The second-order valence-electron chi connectivity index (χ2n) is 4.78. The fraction of sp³-hybridized carbons (Fsp3) is 0.538. The van der Waals surface area contributed by atoms with E-state index in [1.807, 2.05) is 0 Å². The predicted molar refractivity (Wildman–Crippen MR) is 69.7 cm³/mol. The number of rotatable bonds is 3. The quantitative estimate of drug-likeness (QED) is 0.850. The van der Waals surface area contributed by atoms with E-state index >= 15 is 0 Å². The number of anilines is 1.